The fourth-order valence-corrected chi connectivity index (χ4v) is 2.09. The Kier molecular flexibility index (Phi) is 2.84. The summed E-state index contributed by atoms with van der Waals surface area (Å²) in [5, 5.41) is 0.511. The Morgan fingerprint density at radius 1 is 1.05 bits per heavy atom. The van der Waals surface area contributed by atoms with Crippen molar-refractivity contribution in [1.29, 1.82) is 0 Å². The van der Waals surface area contributed by atoms with Crippen molar-refractivity contribution >= 4 is 22.6 Å². The Morgan fingerprint density at radius 2 is 1.79 bits per heavy atom. The molecule has 4 heteroatoms. The van der Waals surface area contributed by atoms with Gasteiger partial charge in [0.05, 0.1) is 5.39 Å². The van der Waals surface area contributed by atoms with Gasteiger partial charge in [0, 0.05) is 10.6 Å². The average Bonchev–Trinajstić information content (AvgIpc) is 2.44. The third-order valence-corrected chi connectivity index (χ3v) is 3.07. The van der Waals surface area contributed by atoms with Crippen molar-refractivity contribution in [2.75, 3.05) is 0 Å². The molecule has 0 aliphatic carbocycles. The minimum atomic E-state index is -0.902. The highest BCUT2D eigenvalue weighted by atomic mass is 35.5. The Hall–Kier alpha value is -2.13. The van der Waals surface area contributed by atoms with E-state index in [1.54, 1.807) is 42.5 Å². The molecule has 0 saturated heterocycles. The zero-order valence-electron chi connectivity index (χ0n) is 9.69. The Morgan fingerprint density at radius 3 is 2.53 bits per heavy atom. The second-order valence-electron chi connectivity index (χ2n) is 4.08. The van der Waals surface area contributed by atoms with Crippen molar-refractivity contribution in [2.24, 2.45) is 0 Å². The maximum absolute atomic E-state index is 14.1. The van der Waals surface area contributed by atoms with E-state index >= 15 is 0 Å². The van der Waals surface area contributed by atoms with E-state index in [4.69, 9.17) is 16.0 Å². The molecule has 1 aromatic heterocycles. The molecule has 2 aromatic carbocycles. The summed E-state index contributed by atoms with van der Waals surface area (Å²) in [7, 11) is 0. The van der Waals surface area contributed by atoms with Crippen LogP contribution in [0.3, 0.4) is 0 Å². The highest BCUT2D eigenvalue weighted by molar-refractivity contribution is 6.31. The first kappa shape index (κ1) is 11.9. The van der Waals surface area contributed by atoms with E-state index in [-0.39, 0.29) is 11.1 Å². The zero-order chi connectivity index (χ0) is 13.4. The molecule has 1 heterocycles. The number of fused-ring (bicyclic) bond motifs is 1. The van der Waals surface area contributed by atoms with Crippen molar-refractivity contribution in [3.63, 3.8) is 0 Å². The molecule has 3 aromatic rings. The van der Waals surface area contributed by atoms with Crippen LogP contribution >= 0.6 is 11.6 Å². The maximum Gasteiger partial charge on any atom is 0.229 e. The largest absolute Gasteiger partial charge is 0.453 e. The van der Waals surface area contributed by atoms with Crippen molar-refractivity contribution in [3.8, 4) is 11.3 Å². The first-order valence-corrected chi connectivity index (χ1v) is 6.02. The molecule has 0 radical (unpaired) electrons. The van der Waals surface area contributed by atoms with Crippen LogP contribution in [0.25, 0.3) is 22.3 Å². The summed E-state index contributed by atoms with van der Waals surface area (Å²) < 4.78 is 19.6. The predicted molar refractivity (Wildman–Crippen MR) is 72.9 cm³/mol. The molecular formula is C15H8ClFO2. The van der Waals surface area contributed by atoms with Crippen molar-refractivity contribution in [1.82, 2.24) is 0 Å². The number of benzene rings is 2. The lowest BCUT2D eigenvalue weighted by Crippen LogP contribution is -2.08. The third kappa shape index (κ3) is 2.02. The molecule has 0 aliphatic rings. The van der Waals surface area contributed by atoms with E-state index in [2.05, 4.69) is 0 Å². The summed E-state index contributed by atoms with van der Waals surface area (Å²) in [5.41, 5.74) is 0.131. The molecule has 0 aliphatic heterocycles. The van der Waals surface area contributed by atoms with Crippen LogP contribution in [0, 0.1) is 5.82 Å². The summed E-state index contributed by atoms with van der Waals surface area (Å²) in [6.07, 6.45) is 0. The molecular weight excluding hydrogens is 267 g/mol. The minimum absolute atomic E-state index is 0.0552. The number of hydrogen-bond acceptors (Lipinski definition) is 2. The lowest BCUT2D eigenvalue weighted by atomic mass is 10.1. The number of hydrogen-bond donors (Lipinski definition) is 0. The average molecular weight is 275 g/mol. The van der Waals surface area contributed by atoms with Gasteiger partial charge in [-0.15, -0.1) is 0 Å². The molecule has 0 fully saturated rings. The van der Waals surface area contributed by atoms with Gasteiger partial charge in [-0.05, 0) is 18.2 Å². The van der Waals surface area contributed by atoms with Gasteiger partial charge >= 0.3 is 0 Å². The van der Waals surface area contributed by atoms with Gasteiger partial charge in [-0.2, -0.15) is 4.39 Å². The third-order valence-electron chi connectivity index (χ3n) is 2.83. The van der Waals surface area contributed by atoms with Crippen LogP contribution in [0.2, 0.25) is 5.02 Å². The molecule has 2 nitrogen and oxygen atoms in total. The van der Waals surface area contributed by atoms with E-state index in [1.165, 1.54) is 6.07 Å². The molecule has 0 spiro atoms. The lowest BCUT2D eigenvalue weighted by molar-refractivity contribution is 0.535. The Balaban J connectivity index is 2.37. The molecule has 0 amide bonds. The fourth-order valence-electron chi connectivity index (χ4n) is 1.92. The van der Waals surface area contributed by atoms with E-state index in [1.807, 2.05) is 0 Å². The molecule has 0 unspecified atom stereocenters. The van der Waals surface area contributed by atoms with Gasteiger partial charge in [0.25, 0.3) is 0 Å². The van der Waals surface area contributed by atoms with Crippen LogP contribution in [-0.2, 0) is 0 Å². The van der Waals surface area contributed by atoms with Gasteiger partial charge in [-0.3, -0.25) is 4.79 Å². The van der Waals surface area contributed by atoms with Crippen molar-refractivity contribution < 1.29 is 8.81 Å². The summed E-state index contributed by atoms with van der Waals surface area (Å²) in [4.78, 5) is 12.0. The van der Waals surface area contributed by atoms with Gasteiger partial charge in [0.15, 0.2) is 5.76 Å². The quantitative estimate of drug-likeness (QED) is 0.664. The molecule has 0 N–H and O–H groups in total. The van der Waals surface area contributed by atoms with E-state index < -0.39 is 11.2 Å². The summed E-state index contributed by atoms with van der Waals surface area (Å²) in [6, 6.07) is 13.2. The molecule has 0 atom stereocenters. The Bertz CT molecular complexity index is 809. The smallest absolute Gasteiger partial charge is 0.229 e. The summed E-state index contributed by atoms with van der Waals surface area (Å²) in [6.45, 7) is 0. The topological polar surface area (TPSA) is 30.2 Å². The van der Waals surface area contributed by atoms with Gasteiger partial charge in [0.2, 0.25) is 11.2 Å². The zero-order valence-corrected chi connectivity index (χ0v) is 10.4. The van der Waals surface area contributed by atoms with Crippen LogP contribution in [0.15, 0.2) is 57.7 Å². The van der Waals surface area contributed by atoms with E-state index in [0.29, 0.717) is 16.2 Å². The second-order valence-corrected chi connectivity index (χ2v) is 4.52. The van der Waals surface area contributed by atoms with E-state index in [9.17, 15) is 9.18 Å². The van der Waals surface area contributed by atoms with Crippen molar-refractivity contribution in [2.45, 2.75) is 0 Å². The van der Waals surface area contributed by atoms with Crippen LogP contribution in [-0.4, -0.2) is 0 Å². The minimum Gasteiger partial charge on any atom is -0.453 e. The molecule has 94 valence electrons. The first-order valence-electron chi connectivity index (χ1n) is 5.64. The molecule has 3 rings (SSSR count). The summed E-state index contributed by atoms with van der Waals surface area (Å²) in [5.74, 6) is -0.957. The van der Waals surface area contributed by atoms with Crippen LogP contribution in [0.4, 0.5) is 4.39 Å². The Labute approximate surface area is 113 Å². The molecule has 0 bridgehead atoms. The maximum atomic E-state index is 14.1. The standard InChI is InChI=1S/C15H8ClFO2/c16-10-6-7-12-11(8-10)14(18)13(17)15(19-12)9-4-2-1-3-5-9/h1-8H. The van der Waals surface area contributed by atoms with E-state index in [0.717, 1.165) is 0 Å². The molecule has 19 heavy (non-hydrogen) atoms. The number of rotatable bonds is 1. The highest BCUT2D eigenvalue weighted by Gasteiger charge is 2.15. The van der Waals surface area contributed by atoms with Crippen LogP contribution in [0.5, 0.6) is 0 Å². The summed E-state index contributed by atoms with van der Waals surface area (Å²) >= 11 is 5.80. The fraction of sp³-hybridized carbons (Fsp3) is 0. The normalized spacial score (nSPS) is 10.8. The first-order chi connectivity index (χ1) is 9.16. The van der Waals surface area contributed by atoms with Gasteiger partial charge in [0.1, 0.15) is 5.58 Å². The SMILES string of the molecule is O=c1c(F)c(-c2ccccc2)oc2ccc(Cl)cc12. The predicted octanol–water partition coefficient (Wildman–Crippen LogP) is 4.25. The van der Waals surface area contributed by atoms with Crippen molar-refractivity contribution in [3.05, 3.63) is 69.6 Å². The van der Waals surface area contributed by atoms with Gasteiger partial charge in [-0.1, -0.05) is 41.9 Å². The van der Waals surface area contributed by atoms with Gasteiger partial charge < -0.3 is 4.42 Å². The monoisotopic (exact) mass is 274 g/mol. The number of halogens is 2. The van der Waals surface area contributed by atoms with Crippen LogP contribution < -0.4 is 5.43 Å². The van der Waals surface area contributed by atoms with Gasteiger partial charge in [-0.25, -0.2) is 0 Å². The molecule has 0 saturated carbocycles. The highest BCUT2D eigenvalue weighted by Crippen LogP contribution is 2.26. The van der Waals surface area contributed by atoms with Crippen LogP contribution in [0.1, 0.15) is 0 Å². The lowest BCUT2D eigenvalue weighted by Gasteiger charge is -2.04. The second kappa shape index (κ2) is 4.52.